The van der Waals surface area contributed by atoms with E-state index in [4.69, 9.17) is 4.42 Å². The number of anilines is 1. The SMILES string of the molecule is Cc1cccc(-c2ccc(C(=O)Nc3ncc(C)s3)o2)c1. The maximum Gasteiger partial charge on any atom is 0.293 e. The normalized spacial score (nSPS) is 10.6. The van der Waals surface area contributed by atoms with Crippen molar-refractivity contribution in [1.29, 1.82) is 0 Å². The molecule has 5 heteroatoms. The Hall–Kier alpha value is -2.40. The molecule has 0 unspecified atom stereocenters. The van der Waals surface area contributed by atoms with Crippen LogP contribution in [0.3, 0.4) is 0 Å². The Morgan fingerprint density at radius 3 is 2.81 bits per heavy atom. The van der Waals surface area contributed by atoms with Crippen LogP contribution in [0.5, 0.6) is 0 Å². The fourth-order valence-electron chi connectivity index (χ4n) is 1.98. The third-order valence-corrected chi connectivity index (χ3v) is 3.80. The fraction of sp³-hybridized carbons (Fsp3) is 0.125. The summed E-state index contributed by atoms with van der Waals surface area (Å²) in [5.74, 6) is 0.668. The van der Waals surface area contributed by atoms with E-state index in [1.165, 1.54) is 11.3 Å². The summed E-state index contributed by atoms with van der Waals surface area (Å²) in [6.45, 7) is 3.96. The predicted octanol–water partition coefficient (Wildman–Crippen LogP) is 4.27. The lowest BCUT2D eigenvalue weighted by Gasteiger charge is -2.00. The molecule has 0 radical (unpaired) electrons. The van der Waals surface area contributed by atoms with Crippen LogP contribution < -0.4 is 5.32 Å². The second kappa shape index (κ2) is 5.54. The lowest BCUT2D eigenvalue weighted by molar-refractivity contribution is 0.0997. The minimum absolute atomic E-state index is 0.277. The van der Waals surface area contributed by atoms with E-state index in [1.807, 2.05) is 38.1 Å². The molecule has 1 N–H and O–H groups in total. The highest BCUT2D eigenvalue weighted by Crippen LogP contribution is 2.24. The Bertz CT molecular complexity index is 789. The lowest BCUT2D eigenvalue weighted by atomic mass is 10.1. The van der Waals surface area contributed by atoms with E-state index in [0.717, 1.165) is 16.0 Å². The van der Waals surface area contributed by atoms with Crippen LogP contribution >= 0.6 is 11.3 Å². The maximum atomic E-state index is 12.1. The highest BCUT2D eigenvalue weighted by Gasteiger charge is 2.13. The topological polar surface area (TPSA) is 55.1 Å². The van der Waals surface area contributed by atoms with Crippen LogP contribution in [0, 0.1) is 13.8 Å². The maximum absolute atomic E-state index is 12.1. The number of carbonyl (C=O) groups excluding carboxylic acids is 1. The number of furan rings is 1. The molecule has 1 aromatic carbocycles. The summed E-state index contributed by atoms with van der Waals surface area (Å²) in [7, 11) is 0. The molecule has 2 heterocycles. The Morgan fingerprint density at radius 1 is 1.24 bits per heavy atom. The molecule has 0 fully saturated rings. The van der Waals surface area contributed by atoms with Crippen molar-refractivity contribution in [2.75, 3.05) is 5.32 Å². The molecule has 0 aliphatic carbocycles. The van der Waals surface area contributed by atoms with Crippen molar-refractivity contribution in [3.05, 3.63) is 58.8 Å². The summed E-state index contributed by atoms with van der Waals surface area (Å²) in [5.41, 5.74) is 2.10. The van der Waals surface area contributed by atoms with Crippen molar-refractivity contribution in [3.63, 3.8) is 0 Å². The van der Waals surface area contributed by atoms with Gasteiger partial charge in [-0.25, -0.2) is 4.98 Å². The minimum atomic E-state index is -0.289. The average Bonchev–Trinajstić information content (AvgIpc) is 3.08. The van der Waals surface area contributed by atoms with E-state index in [0.29, 0.717) is 10.9 Å². The standard InChI is InChI=1S/C16H14N2O2S/c1-10-4-3-5-12(8-10)13-6-7-14(20-13)15(19)18-16-17-9-11(2)21-16/h3-9H,1-2H3,(H,17,18,19). The van der Waals surface area contributed by atoms with Crippen LogP contribution in [0.4, 0.5) is 5.13 Å². The smallest absolute Gasteiger partial charge is 0.293 e. The molecule has 21 heavy (non-hydrogen) atoms. The average molecular weight is 298 g/mol. The fourth-order valence-corrected chi connectivity index (χ4v) is 2.64. The molecule has 4 nitrogen and oxygen atoms in total. The number of hydrogen-bond acceptors (Lipinski definition) is 4. The van der Waals surface area contributed by atoms with E-state index < -0.39 is 0 Å². The van der Waals surface area contributed by atoms with Crippen molar-refractivity contribution in [1.82, 2.24) is 4.98 Å². The molecule has 3 aromatic rings. The number of hydrogen-bond donors (Lipinski definition) is 1. The van der Waals surface area contributed by atoms with Crippen molar-refractivity contribution in [3.8, 4) is 11.3 Å². The molecule has 0 atom stereocenters. The van der Waals surface area contributed by atoms with Gasteiger partial charge in [0, 0.05) is 16.6 Å². The van der Waals surface area contributed by atoms with Crippen molar-refractivity contribution in [2.45, 2.75) is 13.8 Å². The van der Waals surface area contributed by atoms with E-state index in [2.05, 4.69) is 10.3 Å². The van der Waals surface area contributed by atoms with E-state index in [1.54, 1.807) is 18.3 Å². The van der Waals surface area contributed by atoms with Gasteiger partial charge in [0.15, 0.2) is 10.9 Å². The Labute approximate surface area is 126 Å². The molecule has 0 aliphatic heterocycles. The van der Waals surface area contributed by atoms with Crippen LogP contribution in [0.25, 0.3) is 11.3 Å². The van der Waals surface area contributed by atoms with Gasteiger partial charge in [0.05, 0.1) is 0 Å². The first-order valence-electron chi connectivity index (χ1n) is 6.52. The van der Waals surface area contributed by atoms with Gasteiger partial charge in [0.1, 0.15) is 5.76 Å². The molecule has 0 saturated heterocycles. The van der Waals surface area contributed by atoms with Gasteiger partial charge in [-0.2, -0.15) is 0 Å². The van der Waals surface area contributed by atoms with Crippen molar-refractivity contribution >= 4 is 22.4 Å². The second-order valence-corrected chi connectivity index (χ2v) is 6.00. The van der Waals surface area contributed by atoms with Crippen LogP contribution in [-0.4, -0.2) is 10.9 Å². The third-order valence-electron chi connectivity index (χ3n) is 2.97. The lowest BCUT2D eigenvalue weighted by Crippen LogP contribution is -2.10. The summed E-state index contributed by atoms with van der Waals surface area (Å²) >= 11 is 1.43. The quantitative estimate of drug-likeness (QED) is 0.785. The summed E-state index contributed by atoms with van der Waals surface area (Å²) in [6, 6.07) is 11.4. The van der Waals surface area contributed by atoms with Gasteiger partial charge in [-0.3, -0.25) is 10.1 Å². The van der Waals surface area contributed by atoms with Gasteiger partial charge >= 0.3 is 0 Å². The number of aromatic nitrogens is 1. The van der Waals surface area contributed by atoms with E-state index >= 15 is 0 Å². The molecule has 0 spiro atoms. The second-order valence-electron chi connectivity index (χ2n) is 4.76. The number of rotatable bonds is 3. The van der Waals surface area contributed by atoms with Crippen molar-refractivity contribution < 1.29 is 9.21 Å². The van der Waals surface area contributed by atoms with Crippen LogP contribution in [0.2, 0.25) is 0 Å². The van der Waals surface area contributed by atoms with Gasteiger partial charge < -0.3 is 4.42 Å². The Morgan fingerprint density at radius 2 is 2.10 bits per heavy atom. The summed E-state index contributed by atoms with van der Waals surface area (Å²) in [6.07, 6.45) is 1.72. The first-order chi connectivity index (χ1) is 10.1. The largest absolute Gasteiger partial charge is 0.451 e. The molecular formula is C16H14N2O2S. The van der Waals surface area contributed by atoms with Gasteiger partial charge in [0.2, 0.25) is 0 Å². The molecule has 0 bridgehead atoms. The van der Waals surface area contributed by atoms with Gasteiger partial charge in [0.25, 0.3) is 5.91 Å². The first-order valence-corrected chi connectivity index (χ1v) is 7.34. The number of nitrogens with one attached hydrogen (secondary N) is 1. The number of thiazole rings is 1. The first kappa shape index (κ1) is 13.6. The van der Waals surface area contributed by atoms with E-state index in [-0.39, 0.29) is 11.7 Å². The number of amides is 1. The molecule has 0 aliphatic rings. The number of nitrogens with zero attached hydrogens (tertiary/aromatic N) is 1. The molecule has 3 rings (SSSR count). The predicted molar refractivity (Wildman–Crippen MR) is 83.7 cm³/mol. The van der Waals surface area contributed by atoms with Crippen molar-refractivity contribution in [2.24, 2.45) is 0 Å². The van der Waals surface area contributed by atoms with Crippen LogP contribution in [-0.2, 0) is 0 Å². The molecule has 0 saturated carbocycles. The zero-order valence-corrected chi connectivity index (χ0v) is 12.5. The Kier molecular flexibility index (Phi) is 3.58. The highest BCUT2D eigenvalue weighted by atomic mass is 32.1. The summed E-state index contributed by atoms with van der Waals surface area (Å²) < 4.78 is 5.63. The monoisotopic (exact) mass is 298 g/mol. The van der Waals surface area contributed by atoms with Gasteiger partial charge in [-0.1, -0.05) is 23.8 Å². The Balaban J connectivity index is 1.80. The third kappa shape index (κ3) is 3.03. The molecule has 106 valence electrons. The van der Waals surface area contributed by atoms with Crippen LogP contribution in [0.1, 0.15) is 21.0 Å². The van der Waals surface area contributed by atoms with Crippen LogP contribution in [0.15, 0.2) is 47.0 Å². The highest BCUT2D eigenvalue weighted by molar-refractivity contribution is 7.15. The number of aryl methyl sites for hydroxylation is 2. The molecule has 2 aromatic heterocycles. The minimum Gasteiger partial charge on any atom is -0.451 e. The van der Waals surface area contributed by atoms with Gasteiger partial charge in [-0.05, 0) is 32.0 Å². The van der Waals surface area contributed by atoms with Gasteiger partial charge in [-0.15, -0.1) is 11.3 Å². The summed E-state index contributed by atoms with van der Waals surface area (Å²) in [5, 5.41) is 3.30. The number of carbonyl (C=O) groups is 1. The molecular weight excluding hydrogens is 284 g/mol. The zero-order valence-electron chi connectivity index (χ0n) is 11.7. The summed E-state index contributed by atoms with van der Waals surface area (Å²) in [4.78, 5) is 17.2. The zero-order chi connectivity index (χ0) is 14.8. The molecule has 1 amide bonds. The van der Waals surface area contributed by atoms with E-state index in [9.17, 15) is 4.79 Å². The number of benzene rings is 1.